The average Bonchev–Trinajstić information content (AvgIpc) is 2.40. The second-order valence-corrected chi connectivity index (χ2v) is 5.12. The number of nitrogens with one attached hydrogen (secondary N) is 1. The molecule has 0 unspecified atom stereocenters. The summed E-state index contributed by atoms with van der Waals surface area (Å²) in [6.45, 7) is 9.60. The van der Waals surface area contributed by atoms with Crippen LogP contribution >= 0.6 is 15.9 Å². The molecule has 1 rings (SSSR count). The van der Waals surface area contributed by atoms with E-state index in [1.165, 1.54) is 4.90 Å². The van der Waals surface area contributed by atoms with E-state index >= 15 is 0 Å². The molecule has 0 saturated heterocycles. The van der Waals surface area contributed by atoms with Crippen LogP contribution in [0.15, 0.2) is 48.0 Å². The maximum absolute atomic E-state index is 12.0. The predicted octanol–water partition coefficient (Wildman–Crippen LogP) is 2.90. The van der Waals surface area contributed by atoms with Crippen molar-refractivity contribution in [2.75, 3.05) is 18.4 Å². The van der Waals surface area contributed by atoms with Crippen LogP contribution in [-0.4, -0.2) is 29.8 Å². The van der Waals surface area contributed by atoms with Gasteiger partial charge in [-0.2, -0.15) is 0 Å². The van der Waals surface area contributed by atoms with E-state index in [1.54, 1.807) is 24.3 Å². The fraction of sp³-hybridized carbons (Fsp3) is 0.200. The summed E-state index contributed by atoms with van der Waals surface area (Å²) >= 11 is 3.35. The highest BCUT2D eigenvalue weighted by Gasteiger charge is 2.20. The second kappa shape index (κ2) is 7.65. The molecule has 1 N–H and O–H groups in total. The Morgan fingerprint density at radius 1 is 1.30 bits per heavy atom. The standard InChI is InChI=1S/C15H17BrN2O2/c1-4-8-18(9-5-2)15(20)14(19)17-13-7-6-12(16)10-11(13)3/h4-7,10H,1-2,8-9H2,3H3,(H,17,19). The van der Waals surface area contributed by atoms with Gasteiger partial charge in [0.15, 0.2) is 0 Å². The highest BCUT2D eigenvalue weighted by atomic mass is 79.9. The summed E-state index contributed by atoms with van der Waals surface area (Å²) in [6.07, 6.45) is 3.14. The Morgan fingerprint density at radius 3 is 2.40 bits per heavy atom. The van der Waals surface area contributed by atoms with Crippen molar-refractivity contribution in [3.63, 3.8) is 0 Å². The molecule has 4 nitrogen and oxygen atoms in total. The van der Waals surface area contributed by atoms with Crippen LogP contribution in [0.5, 0.6) is 0 Å². The summed E-state index contributed by atoms with van der Waals surface area (Å²) in [5.74, 6) is -1.27. The minimum absolute atomic E-state index is 0.303. The van der Waals surface area contributed by atoms with Crippen LogP contribution in [-0.2, 0) is 9.59 Å². The molecule has 0 radical (unpaired) electrons. The largest absolute Gasteiger partial charge is 0.327 e. The molecule has 0 spiro atoms. The maximum atomic E-state index is 12.0. The van der Waals surface area contributed by atoms with Gasteiger partial charge in [-0.05, 0) is 30.7 Å². The quantitative estimate of drug-likeness (QED) is 0.663. The van der Waals surface area contributed by atoms with Gasteiger partial charge in [-0.15, -0.1) is 13.2 Å². The van der Waals surface area contributed by atoms with Crippen LogP contribution in [0, 0.1) is 6.92 Å². The van der Waals surface area contributed by atoms with Crippen LogP contribution in [0.4, 0.5) is 5.69 Å². The van der Waals surface area contributed by atoms with Gasteiger partial charge in [0.1, 0.15) is 0 Å². The Morgan fingerprint density at radius 2 is 1.90 bits per heavy atom. The molecule has 0 saturated carbocycles. The Bertz CT molecular complexity index is 531. The van der Waals surface area contributed by atoms with Crippen LogP contribution in [0.25, 0.3) is 0 Å². The summed E-state index contributed by atoms with van der Waals surface area (Å²) in [5.41, 5.74) is 1.49. The van der Waals surface area contributed by atoms with E-state index in [0.29, 0.717) is 18.8 Å². The molecule has 0 aliphatic heterocycles. The van der Waals surface area contributed by atoms with Crippen molar-refractivity contribution in [1.82, 2.24) is 4.90 Å². The molecule has 0 aromatic heterocycles. The zero-order valence-corrected chi connectivity index (χ0v) is 12.9. The minimum Gasteiger partial charge on any atom is -0.327 e. The summed E-state index contributed by atoms with van der Waals surface area (Å²) in [5, 5.41) is 2.61. The molecule has 0 bridgehead atoms. The highest BCUT2D eigenvalue weighted by molar-refractivity contribution is 9.10. The van der Waals surface area contributed by atoms with Crippen molar-refractivity contribution >= 4 is 33.4 Å². The number of rotatable bonds is 5. The van der Waals surface area contributed by atoms with Gasteiger partial charge in [-0.25, -0.2) is 0 Å². The number of carbonyl (C=O) groups excluding carboxylic acids is 2. The number of halogens is 1. The van der Waals surface area contributed by atoms with Crippen molar-refractivity contribution in [1.29, 1.82) is 0 Å². The predicted molar refractivity (Wildman–Crippen MR) is 84.5 cm³/mol. The molecule has 0 heterocycles. The number of anilines is 1. The molecule has 5 heteroatoms. The summed E-state index contributed by atoms with van der Waals surface area (Å²) < 4.78 is 0.916. The molecule has 20 heavy (non-hydrogen) atoms. The van der Waals surface area contributed by atoms with Crippen molar-refractivity contribution in [3.8, 4) is 0 Å². The lowest BCUT2D eigenvalue weighted by Crippen LogP contribution is -2.40. The summed E-state index contributed by atoms with van der Waals surface area (Å²) in [4.78, 5) is 25.3. The monoisotopic (exact) mass is 336 g/mol. The number of aryl methyl sites for hydroxylation is 1. The Hall–Kier alpha value is -1.88. The number of hydrogen-bond acceptors (Lipinski definition) is 2. The topological polar surface area (TPSA) is 49.4 Å². The van der Waals surface area contributed by atoms with E-state index in [4.69, 9.17) is 0 Å². The first-order chi connectivity index (χ1) is 9.49. The van der Waals surface area contributed by atoms with Crippen molar-refractivity contribution < 1.29 is 9.59 Å². The lowest BCUT2D eigenvalue weighted by Gasteiger charge is -2.18. The van der Waals surface area contributed by atoms with Gasteiger partial charge in [0.2, 0.25) is 0 Å². The van der Waals surface area contributed by atoms with Crippen LogP contribution in [0.3, 0.4) is 0 Å². The molecule has 1 aromatic carbocycles. The summed E-state index contributed by atoms with van der Waals surface area (Å²) in [6, 6.07) is 5.42. The molecule has 0 aliphatic carbocycles. The fourth-order valence-electron chi connectivity index (χ4n) is 1.64. The number of carbonyl (C=O) groups is 2. The van der Waals surface area contributed by atoms with Gasteiger partial charge in [0.05, 0.1) is 0 Å². The zero-order chi connectivity index (χ0) is 15.1. The van der Waals surface area contributed by atoms with E-state index < -0.39 is 11.8 Å². The molecule has 106 valence electrons. The molecular weight excluding hydrogens is 320 g/mol. The molecular formula is C15H17BrN2O2. The van der Waals surface area contributed by atoms with Crippen LogP contribution < -0.4 is 5.32 Å². The van der Waals surface area contributed by atoms with Gasteiger partial charge in [-0.3, -0.25) is 9.59 Å². The van der Waals surface area contributed by atoms with Gasteiger partial charge in [-0.1, -0.05) is 28.1 Å². The van der Waals surface area contributed by atoms with Crippen LogP contribution in [0.1, 0.15) is 5.56 Å². The first kappa shape index (κ1) is 16.2. The highest BCUT2D eigenvalue weighted by Crippen LogP contribution is 2.20. The SMILES string of the molecule is C=CCN(CC=C)C(=O)C(=O)Nc1ccc(Br)cc1C. The Labute approximate surface area is 127 Å². The Kier molecular flexibility index (Phi) is 6.18. The third-order valence-electron chi connectivity index (χ3n) is 2.62. The molecule has 0 atom stereocenters. The van der Waals surface area contributed by atoms with Gasteiger partial charge in [0.25, 0.3) is 0 Å². The third-order valence-corrected chi connectivity index (χ3v) is 3.11. The lowest BCUT2D eigenvalue weighted by molar-refractivity contribution is -0.142. The molecule has 1 aromatic rings. The maximum Gasteiger partial charge on any atom is 0.313 e. The molecule has 0 fully saturated rings. The van der Waals surface area contributed by atoms with E-state index in [1.807, 2.05) is 13.0 Å². The van der Waals surface area contributed by atoms with Crippen molar-refractivity contribution in [3.05, 3.63) is 53.5 Å². The lowest BCUT2D eigenvalue weighted by atomic mass is 10.2. The van der Waals surface area contributed by atoms with E-state index in [0.717, 1.165) is 10.0 Å². The first-order valence-corrected chi connectivity index (χ1v) is 6.87. The van der Waals surface area contributed by atoms with E-state index in [9.17, 15) is 9.59 Å². The van der Waals surface area contributed by atoms with Crippen molar-refractivity contribution in [2.45, 2.75) is 6.92 Å². The van der Waals surface area contributed by atoms with Crippen LogP contribution in [0.2, 0.25) is 0 Å². The fourth-order valence-corrected chi connectivity index (χ4v) is 2.11. The van der Waals surface area contributed by atoms with E-state index in [2.05, 4.69) is 34.4 Å². The third kappa shape index (κ3) is 4.35. The average molecular weight is 337 g/mol. The van der Waals surface area contributed by atoms with Crippen molar-refractivity contribution in [2.24, 2.45) is 0 Å². The summed E-state index contributed by atoms with van der Waals surface area (Å²) in [7, 11) is 0. The molecule has 2 amide bonds. The van der Waals surface area contributed by atoms with Gasteiger partial charge >= 0.3 is 11.8 Å². The number of nitrogens with zero attached hydrogens (tertiary/aromatic N) is 1. The second-order valence-electron chi connectivity index (χ2n) is 4.20. The normalized spacial score (nSPS) is 9.70. The van der Waals surface area contributed by atoms with Gasteiger partial charge in [0, 0.05) is 23.2 Å². The van der Waals surface area contributed by atoms with E-state index in [-0.39, 0.29) is 0 Å². The number of amides is 2. The molecule has 0 aliphatic rings. The number of hydrogen-bond donors (Lipinski definition) is 1. The Balaban J connectivity index is 2.80. The first-order valence-electron chi connectivity index (χ1n) is 6.07. The minimum atomic E-state index is -0.667. The smallest absolute Gasteiger partial charge is 0.313 e. The zero-order valence-electron chi connectivity index (χ0n) is 11.4. The van der Waals surface area contributed by atoms with Gasteiger partial charge < -0.3 is 10.2 Å². The number of benzene rings is 1.